The zero-order valence-corrected chi connectivity index (χ0v) is 21.0. The molecule has 156 valence electrons. The third-order valence-electron chi connectivity index (χ3n) is 5.96. The smallest absolute Gasteiger partial charge is 0.0349 e. The van der Waals surface area contributed by atoms with Gasteiger partial charge in [-0.05, 0) is 127 Å². The molecule has 6 rings (SSSR count). The molecule has 0 saturated heterocycles. The molecule has 0 aliphatic heterocycles. The van der Waals surface area contributed by atoms with Crippen molar-refractivity contribution in [2.24, 2.45) is 0 Å². The Balaban J connectivity index is 1.47. The summed E-state index contributed by atoms with van der Waals surface area (Å²) in [4.78, 5) is 2.63. The number of fused-ring (bicyclic) bond motifs is 4. The van der Waals surface area contributed by atoms with E-state index in [9.17, 15) is 0 Å². The summed E-state index contributed by atoms with van der Waals surface area (Å²) in [6.45, 7) is 0. The standard InChI is InChI=1S/C28H20S4/c1-29-25-13-23-15-27-19(5-7-31-27)11-21(23)9-17(25)3-4-18-10-22-12-20-6-8-32-28(20)16-24(22)14-26(18)30-2/h3-16H,1-2H3. The molecule has 0 amide bonds. The highest BCUT2D eigenvalue weighted by Gasteiger charge is 2.08. The Labute approximate surface area is 204 Å². The minimum Gasteiger partial charge on any atom is -0.144 e. The molecule has 6 aromatic rings. The lowest BCUT2D eigenvalue weighted by atomic mass is 10.0. The molecule has 4 aromatic carbocycles. The number of benzene rings is 4. The third-order valence-corrected chi connectivity index (χ3v) is 9.31. The van der Waals surface area contributed by atoms with Gasteiger partial charge >= 0.3 is 0 Å². The van der Waals surface area contributed by atoms with E-state index in [-0.39, 0.29) is 0 Å². The van der Waals surface area contributed by atoms with Crippen LogP contribution in [-0.2, 0) is 0 Å². The number of hydrogen-bond acceptors (Lipinski definition) is 4. The van der Waals surface area contributed by atoms with Crippen LogP contribution in [0.15, 0.2) is 81.2 Å². The Bertz CT molecular complexity index is 1530. The summed E-state index contributed by atoms with van der Waals surface area (Å²) >= 11 is 7.25. The average molecular weight is 485 g/mol. The highest BCUT2D eigenvalue weighted by atomic mass is 32.2. The Hall–Kier alpha value is -2.24. The van der Waals surface area contributed by atoms with E-state index in [0.29, 0.717) is 0 Å². The van der Waals surface area contributed by atoms with Crippen molar-refractivity contribution >= 4 is 100 Å². The van der Waals surface area contributed by atoms with Crippen LogP contribution in [0.5, 0.6) is 0 Å². The van der Waals surface area contributed by atoms with Crippen molar-refractivity contribution in [1.29, 1.82) is 0 Å². The van der Waals surface area contributed by atoms with Gasteiger partial charge in [0.15, 0.2) is 0 Å². The lowest BCUT2D eigenvalue weighted by molar-refractivity contribution is 1.46. The Morgan fingerprint density at radius 2 is 0.969 bits per heavy atom. The lowest BCUT2D eigenvalue weighted by Crippen LogP contribution is -1.84. The van der Waals surface area contributed by atoms with E-state index in [0.717, 1.165) is 0 Å². The fourth-order valence-electron chi connectivity index (χ4n) is 4.31. The quantitative estimate of drug-likeness (QED) is 0.180. The van der Waals surface area contributed by atoms with Gasteiger partial charge in [0.1, 0.15) is 0 Å². The summed E-state index contributed by atoms with van der Waals surface area (Å²) in [5.74, 6) is 0. The summed E-state index contributed by atoms with van der Waals surface area (Å²) in [7, 11) is 0. The van der Waals surface area contributed by atoms with Gasteiger partial charge in [-0.15, -0.1) is 46.2 Å². The fraction of sp³-hybridized carbons (Fsp3) is 0.0714. The van der Waals surface area contributed by atoms with Crippen LogP contribution < -0.4 is 0 Å². The topological polar surface area (TPSA) is 0 Å². The van der Waals surface area contributed by atoms with Crippen LogP contribution in [-0.4, -0.2) is 12.5 Å². The Kier molecular flexibility index (Phi) is 5.27. The van der Waals surface area contributed by atoms with Gasteiger partial charge in [0.25, 0.3) is 0 Å². The van der Waals surface area contributed by atoms with Crippen molar-refractivity contribution in [2.75, 3.05) is 12.5 Å². The SMILES string of the molecule is CSc1cc2cc3sccc3cc2cc1C=Cc1cc2cc3ccsc3cc2cc1SC. The monoisotopic (exact) mass is 484 g/mol. The molecule has 2 aromatic heterocycles. The maximum atomic E-state index is 2.34. The molecule has 0 fully saturated rings. The van der Waals surface area contributed by atoms with Gasteiger partial charge in [0.2, 0.25) is 0 Å². The first-order valence-corrected chi connectivity index (χ1v) is 14.6. The number of hydrogen-bond donors (Lipinski definition) is 0. The highest BCUT2D eigenvalue weighted by molar-refractivity contribution is 7.99. The van der Waals surface area contributed by atoms with Crippen LogP contribution in [0.2, 0.25) is 0 Å². The van der Waals surface area contributed by atoms with Crippen LogP contribution >= 0.6 is 46.2 Å². The van der Waals surface area contributed by atoms with Crippen molar-refractivity contribution in [3.8, 4) is 0 Å². The predicted octanol–water partition coefficient (Wildman–Crippen LogP) is 10.0. The molecule has 0 saturated carbocycles. The molecule has 32 heavy (non-hydrogen) atoms. The van der Waals surface area contributed by atoms with E-state index in [1.165, 1.54) is 62.6 Å². The van der Waals surface area contributed by atoms with Crippen LogP contribution in [0.3, 0.4) is 0 Å². The number of thioether (sulfide) groups is 2. The van der Waals surface area contributed by atoms with Gasteiger partial charge in [-0.1, -0.05) is 12.2 Å². The molecule has 0 aliphatic rings. The van der Waals surface area contributed by atoms with Crippen molar-refractivity contribution in [2.45, 2.75) is 9.79 Å². The zero-order chi connectivity index (χ0) is 21.7. The second kappa shape index (κ2) is 8.27. The molecule has 0 atom stereocenters. The summed E-state index contributed by atoms with van der Waals surface area (Å²) in [6.07, 6.45) is 8.90. The van der Waals surface area contributed by atoms with Crippen molar-refractivity contribution in [3.05, 3.63) is 82.6 Å². The third kappa shape index (κ3) is 3.56. The van der Waals surface area contributed by atoms with Crippen LogP contribution in [0.4, 0.5) is 0 Å². The maximum Gasteiger partial charge on any atom is 0.0349 e. The fourth-order valence-corrected chi connectivity index (χ4v) is 7.16. The second-order valence-corrected chi connectivity index (χ2v) is 11.4. The van der Waals surface area contributed by atoms with Crippen molar-refractivity contribution in [3.63, 3.8) is 0 Å². The predicted molar refractivity (Wildman–Crippen MR) is 151 cm³/mol. The zero-order valence-electron chi connectivity index (χ0n) is 17.7. The van der Waals surface area contributed by atoms with E-state index < -0.39 is 0 Å². The van der Waals surface area contributed by atoms with E-state index in [1.807, 2.05) is 46.2 Å². The molecular formula is C28H20S4. The average Bonchev–Trinajstić information content (AvgIpc) is 3.46. The van der Waals surface area contributed by atoms with Gasteiger partial charge in [-0.25, -0.2) is 0 Å². The summed E-state index contributed by atoms with van der Waals surface area (Å²) in [6, 6.07) is 23.0. The van der Waals surface area contributed by atoms with E-state index in [4.69, 9.17) is 0 Å². The van der Waals surface area contributed by atoms with Crippen LogP contribution in [0.1, 0.15) is 11.1 Å². The Morgan fingerprint density at radius 3 is 1.41 bits per heavy atom. The van der Waals surface area contributed by atoms with Gasteiger partial charge in [0, 0.05) is 19.2 Å². The van der Waals surface area contributed by atoms with E-state index in [2.05, 4.69) is 96.1 Å². The van der Waals surface area contributed by atoms with Gasteiger partial charge < -0.3 is 0 Å². The molecular weight excluding hydrogens is 465 g/mol. The summed E-state index contributed by atoms with van der Waals surface area (Å²) in [5, 5.41) is 12.2. The maximum absolute atomic E-state index is 2.34. The van der Waals surface area contributed by atoms with Crippen LogP contribution in [0, 0.1) is 0 Å². The van der Waals surface area contributed by atoms with E-state index in [1.54, 1.807) is 0 Å². The van der Waals surface area contributed by atoms with Gasteiger partial charge in [-0.2, -0.15) is 0 Å². The molecule has 0 N–H and O–H groups in total. The number of thiophene rings is 2. The molecule has 0 nitrogen and oxygen atoms in total. The highest BCUT2D eigenvalue weighted by Crippen LogP contribution is 2.35. The van der Waals surface area contributed by atoms with Crippen molar-refractivity contribution < 1.29 is 0 Å². The molecule has 0 bridgehead atoms. The Morgan fingerprint density at radius 1 is 0.531 bits per heavy atom. The minimum absolute atomic E-state index is 1.28. The minimum atomic E-state index is 1.28. The first-order chi connectivity index (χ1) is 15.7. The first kappa shape index (κ1) is 20.4. The second-order valence-electron chi connectivity index (χ2n) is 7.84. The van der Waals surface area contributed by atoms with Gasteiger partial charge in [-0.3, -0.25) is 0 Å². The summed E-state index contributed by atoms with van der Waals surface area (Å²) in [5.41, 5.74) is 2.56. The molecule has 2 heterocycles. The van der Waals surface area contributed by atoms with Crippen LogP contribution in [0.25, 0.3) is 53.9 Å². The molecule has 0 radical (unpaired) electrons. The largest absolute Gasteiger partial charge is 0.144 e. The van der Waals surface area contributed by atoms with E-state index >= 15 is 0 Å². The summed E-state index contributed by atoms with van der Waals surface area (Å²) < 4.78 is 2.71. The normalized spacial score (nSPS) is 12.2. The van der Waals surface area contributed by atoms with Crippen molar-refractivity contribution in [1.82, 2.24) is 0 Å². The first-order valence-electron chi connectivity index (χ1n) is 10.4. The number of rotatable bonds is 4. The molecule has 0 spiro atoms. The van der Waals surface area contributed by atoms with Gasteiger partial charge in [0.05, 0.1) is 0 Å². The molecule has 0 aliphatic carbocycles. The molecule has 4 heteroatoms. The molecule has 0 unspecified atom stereocenters. The lowest BCUT2D eigenvalue weighted by Gasteiger charge is -2.09.